The van der Waals surface area contributed by atoms with Crippen LogP contribution >= 0.6 is 11.6 Å². The zero-order valence-corrected chi connectivity index (χ0v) is 14.7. The van der Waals surface area contributed by atoms with E-state index in [4.69, 9.17) is 21.1 Å². The number of carbonyl (C=O) groups excluding carboxylic acids is 1. The highest BCUT2D eigenvalue weighted by Gasteiger charge is 2.35. The molecule has 2 aromatic carbocycles. The lowest BCUT2D eigenvalue weighted by Crippen LogP contribution is -2.15. The average molecular weight is 391 g/mol. The summed E-state index contributed by atoms with van der Waals surface area (Å²) in [5.41, 5.74) is -0.949. The molecule has 0 aromatic heterocycles. The Morgan fingerprint density at radius 2 is 1.88 bits per heavy atom. The monoisotopic (exact) mass is 390 g/mol. The Labute approximate surface area is 152 Å². The molecule has 0 spiro atoms. The van der Waals surface area contributed by atoms with E-state index in [2.05, 4.69) is 0 Å². The molecule has 0 amide bonds. The van der Waals surface area contributed by atoms with Crippen molar-refractivity contribution >= 4 is 17.6 Å². The maximum absolute atomic E-state index is 13.4. The third-order valence-electron chi connectivity index (χ3n) is 3.54. The van der Waals surface area contributed by atoms with Crippen LogP contribution in [-0.4, -0.2) is 5.97 Å². The van der Waals surface area contributed by atoms with Crippen LogP contribution < -0.4 is 9.47 Å². The summed E-state index contributed by atoms with van der Waals surface area (Å²) < 4.78 is 63.7. The van der Waals surface area contributed by atoms with Crippen molar-refractivity contribution in [1.29, 1.82) is 0 Å². The van der Waals surface area contributed by atoms with Gasteiger partial charge in [0.15, 0.2) is 0 Å². The zero-order valence-electron chi connectivity index (χ0n) is 13.9. The summed E-state index contributed by atoms with van der Waals surface area (Å²) in [5.74, 6) is -1.45. The number of esters is 1. The topological polar surface area (TPSA) is 35.5 Å². The number of rotatable bonds is 5. The molecule has 0 aliphatic carbocycles. The van der Waals surface area contributed by atoms with Crippen molar-refractivity contribution in [2.45, 2.75) is 33.1 Å². The Bertz CT molecular complexity index is 819. The van der Waals surface area contributed by atoms with Crippen LogP contribution in [0.2, 0.25) is 5.02 Å². The van der Waals surface area contributed by atoms with Gasteiger partial charge in [0.05, 0.1) is 10.6 Å². The number of alkyl halides is 3. The molecule has 0 aliphatic heterocycles. The highest BCUT2D eigenvalue weighted by Crippen LogP contribution is 2.37. The molecule has 0 N–H and O–H groups in total. The van der Waals surface area contributed by atoms with E-state index in [-0.39, 0.29) is 28.5 Å². The second-order valence-corrected chi connectivity index (χ2v) is 5.84. The molecule has 0 atom stereocenters. The van der Waals surface area contributed by atoms with E-state index in [1.165, 1.54) is 26.0 Å². The van der Waals surface area contributed by atoms with Gasteiger partial charge in [0.1, 0.15) is 23.9 Å². The van der Waals surface area contributed by atoms with Crippen molar-refractivity contribution in [3.8, 4) is 11.5 Å². The SMILES string of the molecule is CCC(=O)Oc1cccc(C(F)(F)F)c1COc1cc(Cl)c(F)cc1C. The molecule has 0 bridgehead atoms. The van der Waals surface area contributed by atoms with E-state index in [9.17, 15) is 22.4 Å². The van der Waals surface area contributed by atoms with Gasteiger partial charge in [0.25, 0.3) is 0 Å². The van der Waals surface area contributed by atoms with E-state index in [0.717, 1.165) is 18.2 Å². The molecule has 0 saturated heterocycles. The first-order chi connectivity index (χ1) is 12.1. The van der Waals surface area contributed by atoms with E-state index in [1.807, 2.05) is 0 Å². The van der Waals surface area contributed by atoms with Gasteiger partial charge in [-0.2, -0.15) is 13.2 Å². The fourth-order valence-electron chi connectivity index (χ4n) is 2.20. The molecule has 2 aromatic rings. The Kier molecular flexibility index (Phi) is 6.13. The molecule has 0 aliphatic rings. The van der Waals surface area contributed by atoms with Gasteiger partial charge in [-0.25, -0.2) is 4.39 Å². The number of hydrogen-bond acceptors (Lipinski definition) is 3. The third-order valence-corrected chi connectivity index (χ3v) is 3.83. The lowest BCUT2D eigenvalue weighted by molar-refractivity contribution is -0.140. The van der Waals surface area contributed by atoms with Crippen LogP contribution in [0.3, 0.4) is 0 Å². The van der Waals surface area contributed by atoms with Gasteiger partial charge in [-0.05, 0) is 30.7 Å². The number of ether oxygens (including phenoxy) is 2. The Balaban J connectivity index is 2.40. The molecule has 0 fully saturated rings. The van der Waals surface area contributed by atoms with E-state index in [1.54, 1.807) is 0 Å². The predicted octanol–water partition coefficient (Wildman–Crippen LogP) is 5.70. The Morgan fingerprint density at radius 3 is 2.50 bits per heavy atom. The van der Waals surface area contributed by atoms with E-state index < -0.39 is 30.1 Å². The van der Waals surface area contributed by atoms with Gasteiger partial charge in [0, 0.05) is 18.1 Å². The summed E-state index contributed by atoms with van der Waals surface area (Å²) >= 11 is 5.69. The highest BCUT2D eigenvalue weighted by molar-refractivity contribution is 6.30. The summed E-state index contributed by atoms with van der Waals surface area (Å²) in [6.07, 6.45) is -4.66. The number of benzene rings is 2. The van der Waals surface area contributed by atoms with Crippen LogP contribution in [0.4, 0.5) is 17.6 Å². The predicted molar refractivity (Wildman–Crippen MR) is 87.8 cm³/mol. The molecule has 0 saturated carbocycles. The lowest BCUT2D eigenvalue weighted by Gasteiger charge is -2.18. The fourth-order valence-corrected chi connectivity index (χ4v) is 2.36. The minimum Gasteiger partial charge on any atom is -0.488 e. The van der Waals surface area contributed by atoms with Gasteiger partial charge in [0.2, 0.25) is 0 Å². The van der Waals surface area contributed by atoms with Crippen molar-refractivity contribution in [1.82, 2.24) is 0 Å². The summed E-state index contributed by atoms with van der Waals surface area (Å²) in [7, 11) is 0. The highest BCUT2D eigenvalue weighted by atomic mass is 35.5. The lowest BCUT2D eigenvalue weighted by atomic mass is 10.1. The minimum atomic E-state index is -4.66. The van der Waals surface area contributed by atoms with Gasteiger partial charge < -0.3 is 9.47 Å². The third kappa shape index (κ3) is 4.66. The molecule has 3 nitrogen and oxygen atoms in total. The Hall–Kier alpha value is -2.28. The summed E-state index contributed by atoms with van der Waals surface area (Å²) in [6.45, 7) is 2.52. The number of hydrogen-bond donors (Lipinski definition) is 0. The van der Waals surface area contributed by atoms with E-state index >= 15 is 0 Å². The van der Waals surface area contributed by atoms with Crippen molar-refractivity contribution in [3.05, 3.63) is 57.9 Å². The molecular formula is C18H15ClF4O3. The molecule has 26 heavy (non-hydrogen) atoms. The smallest absolute Gasteiger partial charge is 0.416 e. The van der Waals surface area contributed by atoms with Gasteiger partial charge in [-0.1, -0.05) is 24.6 Å². The largest absolute Gasteiger partial charge is 0.488 e. The quantitative estimate of drug-likeness (QED) is 0.373. The first-order valence-electron chi connectivity index (χ1n) is 7.61. The van der Waals surface area contributed by atoms with Gasteiger partial charge in [-0.3, -0.25) is 4.79 Å². The van der Waals surface area contributed by atoms with Crippen molar-refractivity contribution in [2.24, 2.45) is 0 Å². The van der Waals surface area contributed by atoms with E-state index in [0.29, 0.717) is 5.56 Å². The van der Waals surface area contributed by atoms with Gasteiger partial charge >= 0.3 is 12.1 Å². The molecule has 0 radical (unpaired) electrons. The average Bonchev–Trinajstić information content (AvgIpc) is 2.56. The zero-order chi connectivity index (χ0) is 19.5. The standard InChI is InChI=1S/C18H15ClF4O3/c1-3-17(24)26-15-6-4-5-12(18(21,22)23)11(15)9-25-16-8-13(19)14(20)7-10(16)2/h4-8H,3,9H2,1-2H3. The first kappa shape index (κ1) is 20.0. The molecule has 0 unspecified atom stereocenters. The van der Waals surface area contributed by atoms with Crippen LogP contribution in [-0.2, 0) is 17.6 Å². The van der Waals surface area contributed by atoms with Crippen molar-refractivity contribution < 1.29 is 31.8 Å². The van der Waals surface area contributed by atoms with Crippen molar-refractivity contribution in [2.75, 3.05) is 0 Å². The number of aryl methyl sites for hydroxylation is 1. The second-order valence-electron chi connectivity index (χ2n) is 5.43. The van der Waals surface area contributed by atoms with Crippen LogP contribution in [0.25, 0.3) is 0 Å². The number of halogens is 5. The minimum absolute atomic E-state index is 0.00320. The summed E-state index contributed by atoms with van der Waals surface area (Å²) in [5, 5.41) is -0.215. The van der Waals surface area contributed by atoms with Crippen LogP contribution in [0, 0.1) is 12.7 Å². The number of carbonyl (C=O) groups is 1. The van der Waals surface area contributed by atoms with Gasteiger partial charge in [-0.15, -0.1) is 0 Å². The molecular weight excluding hydrogens is 376 g/mol. The maximum Gasteiger partial charge on any atom is 0.416 e. The van der Waals surface area contributed by atoms with Crippen molar-refractivity contribution in [3.63, 3.8) is 0 Å². The van der Waals surface area contributed by atoms with Crippen LogP contribution in [0.5, 0.6) is 11.5 Å². The molecule has 2 rings (SSSR count). The van der Waals surface area contributed by atoms with Crippen LogP contribution in [0.1, 0.15) is 30.0 Å². The second kappa shape index (κ2) is 7.95. The van der Waals surface area contributed by atoms with Crippen LogP contribution in [0.15, 0.2) is 30.3 Å². The first-order valence-corrected chi connectivity index (χ1v) is 7.99. The maximum atomic E-state index is 13.4. The molecule has 8 heteroatoms. The normalized spacial score (nSPS) is 11.3. The molecule has 0 heterocycles. The summed E-state index contributed by atoms with van der Waals surface area (Å²) in [4.78, 5) is 11.5. The molecule has 140 valence electrons. The Morgan fingerprint density at radius 1 is 1.19 bits per heavy atom. The fraction of sp³-hybridized carbons (Fsp3) is 0.278. The summed E-state index contributed by atoms with van der Waals surface area (Å²) in [6, 6.07) is 5.56.